The van der Waals surface area contributed by atoms with E-state index >= 15 is 0 Å². The Morgan fingerprint density at radius 1 is 1.03 bits per heavy atom. The zero-order chi connectivity index (χ0) is 22.8. The van der Waals surface area contributed by atoms with Crippen LogP contribution in [-0.2, 0) is 29.4 Å². The molecule has 1 aromatic rings. The molecule has 1 atom stereocenters. The molecule has 3 aliphatic heterocycles. The van der Waals surface area contributed by atoms with Gasteiger partial charge in [-0.1, -0.05) is 0 Å². The van der Waals surface area contributed by atoms with Crippen molar-refractivity contribution in [3.63, 3.8) is 0 Å². The molecule has 0 aliphatic carbocycles. The van der Waals surface area contributed by atoms with E-state index in [0.717, 1.165) is 13.1 Å². The van der Waals surface area contributed by atoms with Crippen molar-refractivity contribution in [2.45, 2.75) is 17.4 Å². The number of nitrogens with one attached hydrogen (secondary N) is 1. The van der Waals surface area contributed by atoms with Crippen LogP contribution in [0.15, 0.2) is 29.2 Å². The van der Waals surface area contributed by atoms with E-state index in [1.807, 2.05) is 4.90 Å². The monoisotopic (exact) mass is 486 g/mol. The van der Waals surface area contributed by atoms with Crippen LogP contribution in [0.2, 0.25) is 0 Å². The minimum Gasteiger partial charge on any atom is -0.379 e. The van der Waals surface area contributed by atoms with E-state index in [2.05, 4.69) is 10.2 Å². The molecule has 1 amide bonds. The van der Waals surface area contributed by atoms with Crippen LogP contribution in [0.1, 0.15) is 6.42 Å². The fraction of sp³-hybridized carbons (Fsp3) is 0.650. The second-order valence-corrected chi connectivity index (χ2v) is 12.6. The Kier molecular flexibility index (Phi) is 7.18. The molecule has 178 valence electrons. The largest absolute Gasteiger partial charge is 0.379 e. The van der Waals surface area contributed by atoms with Gasteiger partial charge >= 0.3 is 0 Å². The van der Waals surface area contributed by atoms with Gasteiger partial charge in [-0.2, -0.15) is 4.31 Å². The molecule has 4 rings (SSSR count). The molecule has 1 N–H and O–H groups in total. The third-order valence-electron chi connectivity index (χ3n) is 6.24. The van der Waals surface area contributed by atoms with Crippen molar-refractivity contribution in [2.75, 3.05) is 75.8 Å². The summed E-state index contributed by atoms with van der Waals surface area (Å²) in [5.41, 5.74) is 0.547. The summed E-state index contributed by atoms with van der Waals surface area (Å²) in [6.07, 6.45) is 0.695. The van der Waals surface area contributed by atoms with E-state index < -0.39 is 19.9 Å². The number of ether oxygens (including phenoxy) is 1. The van der Waals surface area contributed by atoms with Crippen LogP contribution < -0.4 is 5.32 Å². The van der Waals surface area contributed by atoms with Crippen molar-refractivity contribution >= 4 is 31.5 Å². The number of sulfonamides is 1. The van der Waals surface area contributed by atoms with Crippen LogP contribution in [0.3, 0.4) is 0 Å². The topological polar surface area (TPSA) is 116 Å². The Labute approximate surface area is 189 Å². The number of carbonyl (C=O) groups is 1. The smallest absolute Gasteiger partial charge is 0.243 e. The van der Waals surface area contributed by atoms with Crippen LogP contribution in [0.4, 0.5) is 5.69 Å². The van der Waals surface area contributed by atoms with Crippen LogP contribution in [0.5, 0.6) is 0 Å². The summed E-state index contributed by atoms with van der Waals surface area (Å²) in [6, 6.07) is 6.32. The van der Waals surface area contributed by atoms with Crippen LogP contribution in [0, 0.1) is 0 Å². The number of anilines is 1. The maximum Gasteiger partial charge on any atom is 0.243 e. The van der Waals surface area contributed by atoms with E-state index in [0.29, 0.717) is 51.5 Å². The summed E-state index contributed by atoms with van der Waals surface area (Å²) in [7, 11) is -6.46. The number of piperazine rings is 1. The predicted octanol–water partition coefficient (Wildman–Crippen LogP) is -0.549. The number of amides is 1. The first-order valence-electron chi connectivity index (χ1n) is 10.9. The Morgan fingerprint density at radius 3 is 2.28 bits per heavy atom. The lowest BCUT2D eigenvalue weighted by Gasteiger charge is -2.37. The lowest BCUT2D eigenvalue weighted by molar-refractivity contribution is -0.117. The summed E-state index contributed by atoms with van der Waals surface area (Å²) < 4.78 is 55.4. The SMILES string of the molecule is O=C(CN1CCN([C@H]2CCS(=O)(=O)C2)CC1)Nc1ccc(S(=O)(=O)N2CCOCC2)cc1. The average Bonchev–Trinajstić information content (AvgIpc) is 3.15. The van der Waals surface area contributed by atoms with Gasteiger partial charge in [0.15, 0.2) is 9.84 Å². The van der Waals surface area contributed by atoms with E-state index in [1.54, 1.807) is 12.1 Å². The molecule has 32 heavy (non-hydrogen) atoms. The van der Waals surface area contributed by atoms with E-state index in [1.165, 1.54) is 16.4 Å². The average molecular weight is 487 g/mol. The van der Waals surface area contributed by atoms with Crippen LogP contribution >= 0.6 is 0 Å². The molecule has 1 aromatic carbocycles. The van der Waals surface area contributed by atoms with Gasteiger partial charge in [0.25, 0.3) is 0 Å². The minimum atomic E-state index is -3.56. The molecular formula is C20H30N4O6S2. The molecule has 0 aromatic heterocycles. The van der Waals surface area contributed by atoms with E-state index in [-0.39, 0.29) is 34.9 Å². The second kappa shape index (κ2) is 9.74. The summed E-state index contributed by atoms with van der Waals surface area (Å²) >= 11 is 0. The Balaban J connectivity index is 1.25. The summed E-state index contributed by atoms with van der Waals surface area (Å²) in [5, 5.41) is 2.82. The highest BCUT2D eigenvalue weighted by Gasteiger charge is 2.34. The number of hydrogen-bond acceptors (Lipinski definition) is 8. The molecule has 0 bridgehead atoms. The summed E-state index contributed by atoms with van der Waals surface area (Å²) in [6.45, 7) is 4.62. The second-order valence-electron chi connectivity index (χ2n) is 8.46. The number of nitrogens with zero attached hydrogens (tertiary/aromatic N) is 3. The highest BCUT2D eigenvalue weighted by atomic mass is 32.2. The van der Waals surface area contributed by atoms with Crippen molar-refractivity contribution in [3.8, 4) is 0 Å². The predicted molar refractivity (Wildman–Crippen MR) is 120 cm³/mol. The van der Waals surface area contributed by atoms with Crippen LogP contribution in [-0.4, -0.2) is 113 Å². The zero-order valence-corrected chi connectivity index (χ0v) is 19.6. The first-order chi connectivity index (χ1) is 15.2. The molecule has 3 heterocycles. The highest BCUT2D eigenvalue weighted by Crippen LogP contribution is 2.21. The molecule has 0 unspecified atom stereocenters. The van der Waals surface area contributed by atoms with Gasteiger partial charge in [0.1, 0.15) is 0 Å². The number of rotatable bonds is 6. The minimum absolute atomic E-state index is 0.100. The molecular weight excluding hydrogens is 456 g/mol. The van der Waals surface area contributed by atoms with Crippen molar-refractivity contribution in [3.05, 3.63) is 24.3 Å². The van der Waals surface area contributed by atoms with Gasteiger partial charge < -0.3 is 10.1 Å². The molecule has 3 saturated heterocycles. The van der Waals surface area contributed by atoms with Gasteiger partial charge in [-0.05, 0) is 30.7 Å². The zero-order valence-electron chi connectivity index (χ0n) is 18.0. The van der Waals surface area contributed by atoms with Crippen molar-refractivity contribution in [2.24, 2.45) is 0 Å². The van der Waals surface area contributed by atoms with Gasteiger partial charge in [-0.15, -0.1) is 0 Å². The van der Waals surface area contributed by atoms with Gasteiger partial charge in [0.05, 0.1) is 36.2 Å². The van der Waals surface area contributed by atoms with Crippen molar-refractivity contribution in [1.82, 2.24) is 14.1 Å². The Morgan fingerprint density at radius 2 is 1.69 bits per heavy atom. The fourth-order valence-corrected chi connectivity index (χ4v) is 7.57. The third kappa shape index (κ3) is 5.67. The van der Waals surface area contributed by atoms with Gasteiger partial charge in [0.2, 0.25) is 15.9 Å². The first kappa shape index (κ1) is 23.6. The highest BCUT2D eigenvalue weighted by molar-refractivity contribution is 7.91. The fourth-order valence-electron chi connectivity index (χ4n) is 4.40. The maximum absolute atomic E-state index is 12.7. The normalized spacial score (nSPS) is 25.6. The number of carbonyl (C=O) groups excluding carboxylic acids is 1. The van der Waals surface area contributed by atoms with Crippen LogP contribution in [0.25, 0.3) is 0 Å². The lowest BCUT2D eigenvalue weighted by atomic mass is 10.2. The molecule has 0 radical (unpaired) electrons. The number of benzene rings is 1. The molecule has 12 heteroatoms. The lowest BCUT2D eigenvalue weighted by Crippen LogP contribution is -2.52. The molecule has 0 saturated carbocycles. The first-order valence-corrected chi connectivity index (χ1v) is 14.1. The molecule has 0 spiro atoms. The van der Waals surface area contributed by atoms with Gasteiger partial charge in [0, 0.05) is 51.0 Å². The van der Waals surface area contributed by atoms with E-state index in [4.69, 9.17) is 4.74 Å². The van der Waals surface area contributed by atoms with Crippen molar-refractivity contribution < 1.29 is 26.4 Å². The van der Waals surface area contributed by atoms with Gasteiger partial charge in [-0.3, -0.25) is 14.6 Å². The molecule has 3 fully saturated rings. The third-order valence-corrected chi connectivity index (χ3v) is 9.91. The quantitative estimate of drug-likeness (QED) is 0.570. The number of morpholine rings is 1. The molecule has 3 aliphatic rings. The van der Waals surface area contributed by atoms with Gasteiger partial charge in [-0.25, -0.2) is 16.8 Å². The molecule has 10 nitrogen and oxygen atoms in total. The summed E-state index contributed by atoms with van der Waals surface area (Å²) in [4.78, 5) is 16.9. The Hall–Kier alpha value is -1.57. The standard InChI is InChI=1S/C20H30N4O6S2/c25-20(15-22-6-8-23(9-7-22)18-5-14-31(26,27)16-18)21-17-1-3-19(4-2-17)32(28,29)24-10-12-30-13-11-24/h1-4,18H,5-16H2,(H,21,25)/t18-/m0/s1. The van der Waals surface area contributed by atoms with Crippen molar-refractivity contribution in [1.29, 1.82) is 0 Å². The summed E-state index contributed by atoms with van der Waals surface area (Å²) in [5.74, 6) is 0.350. The number of hydrogen-bond donors (Lipinski definition) is 1. The number of sulfone groups is 1. The Bertz CT molecular complexity index is 1010. The maximum atomic E-state index is 12.7. The van der Waals surface area contributed by atoms with E-state index in [9.17, 15) is 21.6 Å².